The predicted octanol–water partition coefficient (Wildman–Crippen LogP) is 2.16. The maximum atomic E-state index is 12.6. The van der Waals surface area contributed by atoms with Crippen LogP contribution in [0.3, 0.4) is 0 Å². The summed E-state index contributed by atoms with van der Waals surface area (Å²) in [5, 5.41) is 10.6. The highest BCUT2D eigenvalue weighted by Crippen LogP contribution is 2.19. The number of rotatable bonds is 6. The van der Waals surface area contributed by atoms with Gasteiger partial charge in [0.1, 0.15) is 0 Å². The molecule has 1 aliphatic heterocycles. The third kappa shape index (κ3) is 4.47. The van der Waals surface area contributed by atoms with Crippen LogP contribution in [0.1, 0.15) is 12.0 Å². The molecule has 2 N–H and O–H groups in total. The molecule has 4 rings (SSSR count). The number of anilines is 1. The molecule has 8 nitrogen and oxygen atoms in total. The Kier molecular flexibility index (Phi) is 5.61. The van der Waals surface area contributed by atoms with Crippen molar-refractivity contribution in [3.8, 4) is 0 Å². The third-order valence-electron chi connectivity index (χ3n) is 4.90. The van der Waals surface area contributed by atoms with Gasteiger partial charge in [-0.05, 0) is 42.3 Å². The zero-order valence-electron chi connectivity index (χ0n) is 15.8. The molecule has 3 aromatic rings. The highest BCUT2D eigenvalue weighted by molar-refractivity contribution is 7.89. The Morgan fingerprint density at radius 1 is 1.14 bits per heavy atom. The Balaban J connectivity index is 1.34. The number of carbonyl (C=O) groups excluding carboxylic acids is 1. The van der Waals surface area contributed by atoms with Crippen molar-refractivity contribution in [2.45, 2.75) is 17.7 Å². The second-order valence-corrected chi connectivity index (χ2v) is 8.82. The first kappa shape index (κ1) is 19.6. The van der Waals surface area contributed by atoms with Gasteiger partial charge in [-0.15, -0.1) is 0 Å². The fourth-order valence-corrected chi connectivity index (χ4v) is 4.67. The lowest BCUT2D eigenvalue weighted by Crippen LogP contribution is -2.40. The average Bonchev–Trinajstić information content (AvgIpc) is 3.21. The van der Waals surface area contributed by atoms with Crippen LogP contribution in [0.25, 0.3) is 10.9 Å². The number of nitrogens with zero attached hydrogens (tertiary/aromatic N) is 2. The number of benzene rings is 2. The number of nitrogens with one attached hydrogen (secondary N) is 2. The van der Waals surface area contributed by atoms with Gasteiger partial charge in [-0.3, -0.25) is 9.89 Å². The molecule has 1 aliphatic rings. The number of hydrogen-bond donors (Lipinski definition) is 2. The number of amides is 1. The van der Waals surface area contributed by atoms with Gasteiger partial charge in [0.05, 0.1) is 29.8 Å². The van der Waals surface area contributed by atoms with Crippen LogP contribution < -0.4 is 5.32 Å². The van der Waals surface area contributed by atoms with Gasteiger partial charge in [0, 0.05) is 30.6 Å². The third-order valence-corrected chi connectivity index (χ3v) is 6.81. The number of hydrogen-bond acceptors (Lipinski definition) is 5. The van der Waals surface area contributed by atoms with Gasteiger partial charge in [0.15, 0.2) is 0 Å². The van der Waals surface area contributed by atoms with Crippen LogP contribution in [0.5, 0.6) is 0 Å². The van der Waals surface area contributed by atoms with E-state index in [0.29, 0.717) is 39.1 Å². The monoisotopic (exact) mass is 414 g/mol. The highest BCUT2D eigenvalue weighted by atomic mass is 32.2. The van der Waals surface area contributed by atoms with Crippen molar-refractivity contribution in [3.05, 3.63) is 54.2 Å². The number of H-pyrrole nitrogens is 1. The van der Waals surface area contributed by atoms with Gasteiger partial charge in [0.25, 0.3) is 0 Å². The first-order chi connectivity index (χ1) is 14.0. The fraction of sp³-hybridized carbons (Fsp3) is 0.300. The molecule has 1 amide bonds. The molecule has 1 saturated heterocycles. The summed E-state index contributed by atoms with van der Waals surface area (Å²) in [5.41, 5.74) is 2.54. The van der Waals surface area contributed by atoms with E-state index in [1.807, 2.05) is 18.2 Å². The summed E-state index contributed by atoms with van der Waals surface area (Å²) in [7, 11) is -3.50. The molecular weight excluding hydrogens is 392 g/mol. The average molecular weight is 414 g/mol. The first-order valence-electron chi connectivity index (χ1n) is 9.42. The van der Waals surface area contributed by atoms with Crippen LogP contribution in [0.4, 0.5) is 5.69 Å². The van der Waals surface area contributed by atoms with Crippen molar-refractivity contribution in [3.63, 3.8) is 0 Å². The molecule has 152 valence electrons. The Bertz CT molecular complexity index is 1100. The lowest BCUT2D eigenvalue weighted by Gasteiger charge is -2.26. The number of aromatic amines is 1. The number of carbonyl (C=O) groups is 1. The summed E-state index contributed by atoms with van der Waals surface area (Å²) in [6.45, 7) is 1.57. The van der Waals surface area contributed by atoms with Crippen molar-refractivity contribution < 1.29 is 17.9 Å². The molecule has 2 aromatic carbocycles. The minimum atomic E-state index is -3.50. The molecule has 2 heterocycles. The molecule has 0 spiro atoms. The Morgan fingerprint density at radius 2 is 1.90 bits per heavy atom. The van der Waals surface area contributed by atoms with Crippen LogP contribution in [0, 0.1) is 0 Å². The fourth-order valence-electron chi connectivity index (χ4n) is 3.27. The lowest BCUT2D eigenvalue weighted by atomic mass is 10.1. The normalized spacial score (nSPS) is 15.4. The summed E-state index contributed by atoms with van der Waals surface area (Å²) in [6, 6.07) is 12.3. The molecule has 29 heavy (non-hydrogen) atoms. The van der Waals surface area contributed by atoms with Crippen molar-refractivity contribution in [2.24, 2.45) is 0 Å². The quantitative estimate of drug-likeness (QED) is 0.643. The van der Waals surface area contributed by atoms with Gasteiger partial charge >= 0.3 is 0 Å². The number of aryl methyl sites for hydroxylation is 1. The van der Waals surface area contributed by atoms with Crippen LogP contribution in [-0.4, -0.2) is 55.1 Å². The van der Waals surface area contributed by atoms with Gasteiger partial charge < -0.3 is 10.1 Å². The molecule has 0 saturated carbocycles. The summed E-state index contributed by atoms with van der Waals surface area (Å²) in [4.78, 5) is 12.5. The number of fused-ring (bicyclic) bond motifs is 1. The molecule has 0 aliphatic carbocycles. The minimum absolute atomic E-state index is 0.0992. The van der Waals surface area contributed by atoms with E-state index < -0.39 is 10.0 Å². The number of morpholine rings is 1. The Hall–Kier alpha value is -2.75. The molecule has 9 heteroatoms. The zero-order valence-corrected chi connectivity index (χ0v) is 16.6. The van der Waals surface area contributed by atoms with Gasteiger partial charge in [-0.1, -0.05) is 12.1 Å². The van der Waals surface area contributed by atoms with Crippen LogP contribution in [0.2, 0.25) is 0 Å². The highest BCUT2D eigenvalue weighted by Gasteiger charge is 2.26. The summed E-state index contributed by atoms with van der Waals surface area (Å²) >= 11 is 0. The molecule has 0 unspecified atom stereocenters. The van der Waals surface area contributed by atoms with Crippen LogP contribution in [-0.2, 0) is 26.0 Å². The van der Waals surface area contributed by atoms with E-state index in [-0.39, 0.29) is 10.8 Å². The van der Waals surface area contributed by atoms with Crippen molar-refractivity contribution in [1.29, 1.82) is 0 Å². The van der Waals surface area contributed by atoms with Crippen molar-refractivity contribution in [2.75, 3.05) is 31.6 Å². The Morgan fingerprint density at radius 3 is 2.66 bits per heavy atom. The molecular formula is C20H22N4O4S. The van der Waals surface area contributed by atoms with E-state index in [9.17, 15) is 13.2 Å². The number of aromatic nitrogens is 2. The zero-order chi connectivity index (χ0) is 20.3. The van der Waals surface area contributed by atoms with E-state index in [1.165, 1.54) is 4.31 Å². The second kappa shape index (κ2) is 8.32. The summed E-state index contributed by atoms with van der Waals surface area (Å²) in [6.07, 6.45) is 2.54. The van der Waals surface area contributed by atoms with Crippen LogP contribution in [0.15, 0.2) is 53.6 Å². The largest absolute Gasteiger partial charge is 0.379 e. The van der Waals surface area contributed by atoms with E-state index >= 15 is 0 Å². The van der Waals surface area contributed by atoms with Crippen LogP contribution >= 0.6 is 0 Å². The molecule has 0 radical (unpaired) electrons. The van der Waals surface area contributed by atoms with Gasteiger partial charge in [0.2, 0.25) is 15.9 Å². The lowest BCUT2D eigenvalue weighted by molar-refractivity contribution is -0.116. The number of ether oxygens (including phenoxy) is 1. The first-order valence-corrected chi connectivity index (χ1v) is 10.9. The smallest absolute Gasteiger partial charge is 0.243 e. The van der Waals surface area contributed by atoms with E-state index in [1.54, 1.807) is 30.5 Å². The van der Waals surface area contributed by atoms with Gasteiger partial charge in [-0.2, -0.15) is 9.40 Å². The van der Waals surface area contributed by atoms with E-state index in [0.717, 1.165) is 22.2 Å². The predicted molar refractivity (Wildman–Crippen MR) is 109 cm³/mol. The second-order valence-electron chi connectivity index (χ2n) is 6.88. The molecule has 0 bridgehead atoms. The standard InChI is InChI=1S/C20H22N4O4S/c25-20(22-17-4-7-19-16(13-17)14-21-23-19)8-3-15-1-5-18(6-2-15)29(26,27)24-9-11-28-12-10-24/h1-2,4-7,13-14H,3,8-12H2,(H,21,23)(H,22,25). The summed E-state index contributed by atoms with van der Waals surface area (Å²) in [5.74, 6) is -0.0992. The molecule has 0 atom stereocenters. The maximum Gasteiger partial charge on any atom is 0.243 e. The van der Waals surface area contributed by atoms with Gasteiger partial charge in [-0.25, -0.2) is 8.42 Å². The number of sulfonamides is 1. The summed E-state index contributed by atoms with van der Waals surface area (Å²) < 4.78 is 31.9. The van der Waals surface area contributed by atoms with E-state index in [4.69, 9.17) is 4.74 Å². The molecule has 1 aromatic heterocycles. The van der Waals surface area contributed by atoms with Crippen molar-refractivity contribution >= 4 is 32.5 Å². The Labute approximate surface area is 168 Å². The topological polar surface area (TPSA) is 104 Å². The van der Waals surface area contributed by atoms with E-state index in [2.05, 4.69) is 15.5 Å². The maximum absolute atomic E-state index is 12.6. The SMILES string of the molecule is O=C(CCc1ccc(S(=O)(=O)N2CCOCC2)cc1)Nc1ccc2[nH]ncc2c1. The molecule has 1 fully saturated rings. The van der Waals surface area contributed by atoms with Crippen molar-refractivity contribution in [1.82, 2.24) is 14.5 Å². The minimum Gasteiger partial charge on any atom is -0.379 e.